The summed E-state index contributed by atoms with van der Waals surface area (Å²) in [5.41, 5.74) is 0. The highest BCUT2D eigenvalue weighted by molar-refractivity contribution is 5.79. The van der Waals surface area contributed by atoms with Crippen molar-refractivity contribution in [1.82, 2.24) is 15.5 Å². The highest BCUT2D eigenvalue weighted by Crippen LogP contribution is 2.02. The fraction of sp³-hybridized carbons (Fsp3) is 0.833. The maximum absolute atomic E-state index is 11.8. The Morgan fingerprint density at radius 3 is 2.53 bits per heavy atom. The van der Waals surface area contributed by atoms with Gasteiger partial charge in [-0.25, -0.2) is 4.79 Å². The van der Waals surface area contributed by atoms with Crippen LogP contribution in [0.1, 0.15) is 13.8 Å². The molecule has 1 fully saturated rings. The molecule has 0 aromatic rings. The fourth-order valence-corrected chi connectivity index (χ4v) is 1.87. The zero-order valence-electron chi connectivity index (χ0n) is 11.5. The van der Waals surface area contributed by atoms with Crippen LogP contribution in [-0.4, -0.2) is 67.4 Å². The Morgan fingerprint density at radius 1 is 1.32 bits per heavy atom. The van der Waals surface area contributed by atoms with E-state index in [0.29, 0.717) is 6.54 Å². The summed E-state index contributed by atoms with van der Waals surface area (Å²) in [6, 6.07) is -0.402. The predicted octanol–water partition coefficient (Wildman–Crippen LogP) is -0.273. The Bertz CT molecular complexity index is 305. The van der Waals surface area contributed by atoms with E-state index < -0.39 is 12.1 Å². The van der Waals surface area contributed by atoms with Crippen molar-refractivity contribution >= 4 is 12.0 Å². The third-order valence-electron chi connectivity index (χ3n) is 3.35. The van der Waals surface area contributed by atoms with Crippen LogP contribution in [0.5, 0.6) is 0 Å². The summed E-state index contributed by atoms with van der Waals surface area (Å²) in [5.74, 6) is -0.518. The van der Waals surface area contributed by atoms with Crippen LogP contribution >= 0.6 is 0 Å². The summed E-state index contributed by atoms with van der Waals surface area (Å²) in [7, 11) is 0. The van der Waals surface area contributed by atoms with Crippen molar-refractivity contribution < 1.29 is 19.4 Å². The average molecular weight is 273 g/mol. The molecule has 0 aromatic heterocycles. The Hall–Kier alpha value is -1.34. The number of hydrogen-bond donors (Lipinski definition) is 3. The van der Waals surface area contributed by atoms with E-state index in [1.165, 1.54) is 0 Å². The van der Waals surface area contributed by atoms with Crippen LogP contribution in [0.3, 0.4) is 0 Å². The molecule has 0 aromatic carbocycles. The first kappa shape index (κ1) is 15.7. The van der Waals surface area contributed by atoms with Gasteiger partial charge in [0.25, 0.3) is 0 Å². The molecule has 2 unspecified atom stereocenters. The summed E-state index contributed by atoms with van der Waals surface area (Å²) in [6.07, 6.45) is -1.11. The van der Waals surface area contributed by atoms with Gasteiger partial charge in [-0.1, -0.05) is 6.92 Å². The van der Waals surface area contributed by atoms with E-state index in [-0.39, 0.29) is 11.8 Å². The zero-order valence-corrected chi connectivity index (χ0v) is 11.5. The molecule has 2 amide bonds. The van der Waals surface area contributed by atoms with Crippen molar-refractivity contribution in [2.45, 2.75) is 19.9 Å². The van der Waals surface area contributed by atoms with E-state index in [1.54, 1.807) is 13.8 Å². The lowest BCUT2D eigenvalue weighted by Crippen LogP contribution is -2.46. The second kappa shape index (κ2) is 7.96. The molecule has 0 aliphatic carbocycles. The van der Waals surface area contributed by atoms with Gasteiger partial charge in [0, 0.05) is 32.2 Å². The number of morpholine rings is 1. The molecule has 0 spiro atoms. The Kier molecular flexibility index (Phi) is 6.58. The van der Waals surface area contributed by atoms with Gasteiger partial charge in [0.2, 0.25) is 5.91 Å². The first-order valence-electron chi connectivity index (χ1n) is 6.58. The first-order chi connectivity index (χ1) is 9.00. The molecule has 110 valence electrons. The lowest BCUT2D eigenvalue weighted by molar-refractivity contribution is -0.125. The SMILES string of the molecule is CC(NC(=O)O)C(C)C(=O)NCCN1CCOCC1. The van der Waals surface area contributed by atoms with E-state index in [0.717, 1.165) is 32.8 Å². The molecule has 1 rings (SSSR count). The van der Waals surface area contributed by atoms with E-state index in [9.17, 15) is 9.59 Å². The molecule has 7 nitrogen and oxygen atoms in total. The minimum Gasteiger partial charge on any atom is -0.465 e. The summed E-state index contributed by atoms with van der Waals surface area (Å²) in [4.78, 5) is 24.5. The standard InChI is InChI=1S/C12H23N3O4/c1-9(10(2)14-12(17)18)11(16)13-3-4-15-5-7-19-8-6-15/h9-10,14H,3-8H2,1-2H3,(H,13,16)(H,17,18). The number of carbonyl (C=O) groups excluding carboxylic acids is 1. The molecule has 0 bridgehead atoms. The van der Waals surface area contributed by atoms with Crippen molar-refractivity contribution in [3.05, 3.63) is 0 Å². The van der Waals surface area contributed by atoms with Crippen molar-refractivity contribution in [2.24, 2.45) is 5.92 Å². The van der Waals surface area contributed by atoms with Crippen molar-refractivity contribution in [2.75, 3.05) is 39.4 Å². The number of ether oxygens (including phenoxy) is 1. The van der Waals surface area contributed by atoms with Crippen LogP contribution < -0.4 is 10.6 Å². The number of hydrogen-bond acceptors (Lipinski definition) is 4. The van der Waals surface area contributed by atoms with Crippen LogP contribution in [0.2, 0.25) is 0 Å². The molecule has 1 saturated heterocycles. The lowest BCUT2D eigenvalue weighted by Gasteiger charge is -2.27. The summed E-state index contributed by atoms with van der Waals surface area (Å²) in [6.45, 7) is 8.02. The quantitative estimate of drug-likeness (QED) is 0.619. The van der Waals surface area contributed by atoms with E-state index in [1.807, 2.05) is 0 Å². The molecule has 3 N–H and O–H groups in total. The highest BCUT2D eigenvalue weighted by atomic mass is 16.5. The third-order valence-corrected chi connectivity index (χ3v) is 3.35. The molecular weight excluding hydrogens is 250 g/mol. The number of amides is 2. The molecule has 0 radical (unpaired) electrons. The van der Waals surface area contributed by atoms with Gasteiger partial charge in [0.15, 0.2) is 0 Å². The topological polar surface area (TPSA) is 90.9 Å². The molecular formula is C12H23N3O4. The molecule has 1 aliphatic heterocycles. The minimum atomic E-state index is -1.11. The summed E-state index contributed by atoms with van der Waals surface area (Å²) in [5, 5.41) is 13.7. The smallest absolute Gasteiger partial charge is 0.404 e. The Morgan fingerprint density at radius 2 is 1.95 bits per heavy atom. The van der Waals surface area contributed by atoms with E-state index >= 15 is 0 Å². The molecule has 0 saturated carbocycles. The normalized spacial score (nSPS) is 19.5. The molecule has 7 heteroatoms. The van der Waals surface area contributed by atoms with Crippen LogP contribution in [0.15, 0.2) is 0 Å². The van der Waals surface area contributed by atoms with Crippen LogP contribution in [0, 0.1) is 5.92 Å². The van der Waals surface area contributed by atoms with Crippen molar-refractivity contribution in [1.29, 1.82) is 0 Å². The van der Waals surface area contributed by atoms with E-state index in [4.69, 9.17) is 9.84 Å². The van der Waals surface area contributed by atoms with Crippen LogP contribution in [-0.2, 0) is 9.53 Å². The Balaban J connectivity index is 2.20. The maximum atomic E-state index is 11.8. The summed E-state index contributed by atoms with van der Waals surface area (Å²) >= 11 is 0. The van der Waals surface area contributed by atoms with Gasteiger partial charge in [-0.3, -0.25) is 9.69 Å². The second-order valence-corrected chi connectivity index (χ2v) is 4.77. The largest absolute Gasteiger partial charge is 0.465 e. The first-order valence-corrected chi connectivity index (χ1v) is 6.58. The van der Waals surface area contributed by atoms with Crippen LogP contribution in [0.25, 0.3) is 0 Å². The van der Waals surface area contributed by atoms with Gasteiger partial charge in [-0.2, -0.15) is 0 Å². The lowest BCUT2D eigenvalue weighted by atomic mass is 10.0. The number of nitrogens with zero attached hydrogens (tertiary/aromatic N) is 1. The second-order valence-electron chi connectivity index (χ2n) is 4.77. The number of carbonyl (C=O) groups is 2. The predicted molar refractivity (Wildman–Crippen MR) is 70.1 cm³/mol. The fourth-order valence-electron chi connectivity index (χ4n) is 1.87. The number of nitrogens with one attached hydrogen (secondary N) is 2. The van der Waals surface area contributed by atoms with Gasteiger partial charge >= 0.3 is 6.09 Å². The monoisotopic (exact) mass is 273 g/mol. The molecule has 1 aliphatic rings. The average Bonchev–Trinajstić information content (AvgIpc) is 2.38. The number of carboxylic acid groups (broad SMARTS) is 1. The Labute approximate surface area is 113 Å². The molecule has 2 atom stereocenters. The van der Waals surface area contributed by atoms with Gasteiger partial charge in [-0.05, 0) is 6.92 Å². The third kappa shape index (κ3) is 5.89. The van der Waals surface area contributed by atoms with Gasteiger partial charge < -0.3 is 20.5 Å². The van der Waals surface area contributed by atoms with Gasteiger partial charge in [0.05, 0.1) is 19.1 Å². The molecule has 1 heterocycles. The maximum Gasteiger partial charge on any atom is 0.404 e. The minimum absolute atomic E-state index is 0.130. The van der Waals surface area contributed by atoms with Gasteiger partial charge in [-0.15, -0.1) is 0 Å². The van der Waals surface area contributed by atoms with Crippen LogP contribution in [0.4, 0.5) is 4.79 Å². The van der Waals surface area contributed by atoms with Crippen molar-refractivity contribution in [3.8, 4) is 0 Å². The van der Waals surface area contributed by atoms with Crippen molar-refractivity contribution in [3.63, 3.8) is 0 Å². The zero-order chi connectivity index (χ0) is 14.3. The number of rotatable bonds is 6. The van der Waals surface area contributed by atoms with E-state index in [2.05, 4.69) is 15.5 Å². The molecule has 19 heavy (non-hydrogen) atoms. The highest BCUT2D eigenvalue weighted by Gasteiger charge is 2.21. The van der Waals surface area contributed by atoms with Gasteiger partial charge in [0.1, 0.15) is 0 Å². The summed E-state index contributed by atoms with van der Waals surface area (Å²) < 4.78 is 5.24.